The summed E-state index contributed by atoms with van der Waals surface area (Å²) in [6.45, 7) is 5.55. The summed E-state index contributed by atoms with van der Waals surface area (Å²) < 4.78 is 0. The summed E-state index contributed by atoms with van der Waals surface area (Å²) in [6.07, 6.45) is 9.54. The molecule has 1 heteroatoms. The lowest BCUT2D eigenvalue weighted by molar-refractivity contribution is 1.61. The van der Waals surface area contributed by atoms with E-state index >= 15 is 0 Å². The second-order valence-electron chi connectivity index (χ2n) is 1.70. The summed E-state index contributed by atoms with van der Waals surface area (Å²) in [5.74, 6) is 0. The van der Waals surface area contributed by atoms with E-state index in [-0.39, 0.29) is 0 Å². The fourth-order valence-electron chi connectivity index (χ4n) is 0.513. The van der Waals surface area contributed by atoms with Crippen molar-refractivity contribution in [2.24, 2.45) is 0 Å². The Morgan fingerprint density at radius 1 is 1.40 bits per heavy atom. The van der Waals surface area contributed by atoms with Crippen molar-refractivity contribution in [3.8, 4) is 0 Å². The average molecular weight is 152 g/mol. The van der Waals surface area contributed by atoms with Crippen LogP contribution in [0.15, 0.2) is 47.9 Å². The van der Waals surface area contributed by atoms with Crippen molar-refractivity contribution in [3.63, 3.8) is 0 Å². The lowest BCUT2D eigenvalue weighted by Crippen LogP contribution is -1.66. The van der Waals surface area contributed by atoms with E-state index < -0.39 is 0 Å². The molecule has 0 aromatic rings. The Morgan fingerprint density at radius 3 is 2.50 bits per heavy atom. The molecule has 0 heterocycles. The third-order valence-corrected chi connectivity index (χ3v) is 1.17. The van der Waals surface area contributed by atoms with E-state index in [4.69, 9.17) is 0 Å². The lowest BCUT2D eigenvalue weighted by Gasteiger charge is -1.87. The summed E-state index contributed by atoms with van der Waals surface area (Å²) in [6, 6.07) is 0. The molecule has 0 saturated heterocycles. The third kappa shape index (κ3) is 4.21. The van der Waals surface area contributed by atoms with Crippen LogP contribution in [0.5, 0.6) is 0 Å². The van der Waals surface area contributed by atoms with Gasteiger partial charge in [-0.1, -0.05) is 30.9 Å². The molecule has 0 aliphatic carbocycles. The van der Waals surface area contributed by atoms with E-state index in [2.05, 4.69) is 19.2 Å². The number of hydrogen-bond acceptors (Lipinski definition) is 1. The fraction of sp³-hybridized carbons (Fsp3) is 0.111. The predicted octanol–water partition coefficient (Wildman–Crippen LogP) is 3.12. The summed E-state index contributed by atoms with van der Waals surface area (Å²) >= 11 is 3.95. The van der Waals surface area contributed by atoms with Gasteiger partial charge in [0.1, 0.15) is 0 Å². The molecule has 0 saturated carbocycles. The lowest BCUT2D eigenvalue weighted by atomic mass is 10.2. The molecular formula is C9H12S. The molecule has 0 bridgehead atoms. The molecule has 0 aromatic carbocycles. The second kappa shape index (κ2) is 6.43. The first kappa shape index (κ1) is 9.31. The minimum atomic E-state index is 1.13. The first-order valence-electron chi connectivity index (χ1n) is 3.11. The van der Waals surface area contributed by atoms with Crippen LogP contribution in [-0.4, -0.2) is 0 Å². The van der Waals surface area contributed by atoms with Gasteiger partial charge in [0.25, 0.3) is 0 Å². The van der Waals surface area contributed by atoms with E-state index in [1.807, 2.05) is 31.2 Å². The maximum absolute atomic E-state index is 3.95. The van der Waals surface area contributed by atoms with Crippen LogP contribution in [0, 0.1) is 0 Å². The van der Waals surface area contributed by atoms with Gasteiger partial charge >= 0.3 is 0 Å². The molecule has 0 atom stereocenters. The zero-order valence-electron chi connectivity index (χ0n) is 6.12. The summed E-state index contributed by atoms with van der Waals surface area (Å²) in [7, 11) is 0. The minimum Gasteiger partial charge on any atom is -0.151 e. The van der Waals surface area contributed by atoms with Crippen molar-refractivity contribution in [2.45, 2.75) is 6.92 Å². The molecule has 0 aliphatic rings. The van der Waals surface area contributed by atoms with Gasteiger partial charge in [0.15, 0.2) is 0 Å². The van der Waals surface area contributed by atoms with Crippen LogP contribution in [0.1, 0.15) is 6.92 Å². The number of rotatable bonds is 3. The first-order chi connectivity index (χ1) is 4.85. The highest BCUT2D eigenvalue weighted by Gasteiger charge is 1.77. The van der Waals surface area contributed by atoms with Gasteiger partial charge in [-0.3, -0.25) is 0 Å². The maximum atomic E-state index is 3.95. The summed E-state index contributed by atoms with van der Waals surface area (Å²) in [5, 5.41) is 1.71. The van der Waals surface area contributed by atoms with Crippen LogP contribution >= 0.6 is 12.6 Å². The Hall–Kier alpha value is -0.690. The van der Waals surface area contributed by atoms with E-state index in [0.717, 1.165) is 5.57 Å². The van der Waals surface area contributed by atoms with E-state index in [0.29, 0.717) is 0 Å². The van der Waals surface area contributed by atoms with Crippen LogP contribution in [0.2, 0.25) is 0 Å². The molecule has 54 valence electrons. The highest BCUT2D eigenvalue weighted by molar-refractivity contribution is 7.83. The molecular weight excluding hydrogens is 140 g/mol. The first-order valence-corrected chi connectivity index (χ1v) is 3.63. The second-order valence-corrected chi connectivity index (χ2v) is 2.00. The molecule has 0 amide bonds. The quantitative estimate of drug-likeness (QED) is 0.466. The minimum absolute atomic E-state index is 1.13. The number of thiol groups is 1. The number of hydrogen-bond donors (Lipinski definition) is 1. The van der Waals surface area contributed by atoms with Gasteiger partial charge in [-0.2, -0.15) is 12.6 Å². The molecule has 0 rings (SSSR count). The number of allylic oxidation sites excluding steroid dienone is 6. The Bertz CT molecular complexity index is 173. The Balaban J connectivity index is 4.10. The molecule has 0 N–H and O–H groups in total. The molecule has 0 nitrogen and oxygen atoms in total. The zero-order chi connectivity index (χ0) is 7.82. The highest BCUT2D eigenvalue weighted by Crippen LogP contribution is 1.99. The Kier molecular flexibility index (Phi) is 5.99. The normalized spacial score (nSPS) is 13.2. The SMILES string of the molecule is C=C\C=C/C(/C=C/S)=C\C. The topological polar surface area (TPSA) is 0 Å². The van der Waals surface area contributed by atoms with Gasteiger partial charge in [0, 0.05) is 0 Å². The van der Waals surface area contributed by atoms with E-state index in [9.17, 15) is 0 Å². The standard InChI is InChI=1S/C9H12S/c1-3-5-6-9(4-2)7-8-10/h3-8,10H,1H2,2H3/b6-5-,8-7+,9-4+. The van der Waals surface area contributed by atoms with Crippen LogP contribution in [0.4, 0.5) is 0 Å². The van der Waals surface area contributed by atoms with E-state index in [1.165, 1.54) is 0 Å². The molecule has 0 aliphatic heterocycles. The molecule has 10 heavy (non-hydrogen) atoms. The molecule has 0 unspecified atom stereocenters. The van der Waals surface area contributed by atoms with Gasteiger partial charge < -0.3 is 0 Å². The molecule has 0 radical (unpaired) electrons. The van der Waals surface area contributed by atoms with Crippen molar-refractivity contribution in [1.82, 2.24) is 0 Å². The Morgan fingerprint density at radius 2 is 2.10 bits per heavy atom. The zero-order valence-corrected chi connectivity index (χ0v) is 7.01. The molecule has 0 spiro atoms. The van der Waals surface area contributed by atoms with Gasteiger partial charge in [0.05, 0.1) is 0 Å². The van der Waals surface area contributed by atoms with Crippen molar-refractivity contribution in [1.29, 1.82) is 0 Å². The predicted molar refractivity (Wildman–Crippen MR) is 51.2 cm³/mol. The maximum Gasteiger partial charge on any atom is -0.0294 e. The van der Waals surface area contributed by atoms with Crippen LogP contribution < -0.4 is 0 Å². The van der Waals surface area contributed by atoms with Gasteiger partial charge in [0.2, 0.25) is 0 Å². The van der Waals surface area contributed by atoms with Crippen LogP contribution in [-0.2, 0) is 0 Å². The van der Waals surface area contributed by atoms with Crippen molar-refractivity contribution >= 4 is 12.6 Å². The third-order valence-electron chi connectivity index (χ3n) is 1.03. The van der Waals surface area contributed by atoms with Gasteiger partial charge in [-0.25, -0.2) is 0 Å². The van der Waals surface area contributed by atoms with Gasteiger partial charge in [-0.05, 0) is 24.0 Å². The highest BCUT2D eigenvalue weighted by atomic mass is 32.1. The van der Waals surface area contributed by atoms with Crippen LogP contribution in [0.3, 0.4) is 0 Å². The molecule has 0 aromatic heterocycles. The fourth-order valence-corrected chi connectivity index (χ4v) is 0.685. The van der Waals surface area contributed by atoms with Crippen LogP contribution in [0.25, 0.3) is 0 Å². The average Bonchev–Trinajstić information content (AvgIpc) is 1.98. The largest absolute Gasteiger partial charge is 0.151 e. The van der Waals surface area contributed by atoms with Crippen molar-refractivity contribution < 1.29 is 0 Å². The Labute approximate surface area is 68.1 Å². The smallest absolute Gasteiger partial charge is 0.0294 e. The molecule has 0 fully saturated rings. The van der Waals surface area contributed by atoms with E-state index in [1.54, 1.807) is 11.5 Å². The van der Waals surface area contributed by atoms with Crippen molar-refractivity contribution in [3.05, 3.63) is 47.9 Å². The van der Waals surface area contributed by atoms with Crippen molar-refractivity contribution in [2.75, 3.05) is 0 Å². The summed E-state index contributed by atoms with van der Waals surface area (Å²) in [4.78, 5) is 0. The van der Waals surface area contributed by atoms with Gasteiger partial charge in [-0.15, -0.1) is 0 Å². The summed E-state index contributed by atoms with van der Waals surface area (Å²) in [5.41, 5.74) is 1.13. The monoisotopic (exact) mass is 152 g/mol.